The second-order valence-electron chi connectivity index (χ2n) is 15.1. The molecule has 3 aromatic rings. The molecular formula is C35H44ClN5O6S. The van der Waals surface area contributed by atoms with Gasteiger partial charge in [0.05, 0.1) is 24.9 Å². The highest BCUT2D eigenvalue weighted by Crippen LogP contribution is 2.63. The van der Waals surface area contributed by atoms with Crippen molar-refractivity contribution in [2.24, 2.45) is 22.5 Å². The molecule has 11 nitrogen and oxygen atoms in total. The number of nitrogens with two attached hydrogens (primary N) is 1. The lowest BCUT2D eigenvalue weighted by molar-refractivity contribution is -0.141. The van der Waals surface area contributed by atoms with E-state index in [-0.39, 0.29) is 30.4 Å². The minimum Gasteiger partial charge on any atom is -0.495 e. The van der Waals surface area contributed by atoms with Crippen molar-refractivity contribution in [1.82, 2.24) is 20.2 Å². The van der Waals surface area contributed by atoms with Crippen LogP contribution in [-0.4, -0.2) is 70.7 Å². The number of likely N-dealkylation sites (tertiary alicyclic amines) is 1. The molecule has 3 aliphatic rings. The van der Waals surface area contributed by atoms with E-state index in [0.717, 1.165) is 18.5 Å². The first-order chi connectivity index (χ1) is 22.6. The average molecular weight is 698 g/mol. The van der Waals surface area contributed by atoms with Crippen LogP contribution in [0.3, 0.4) is 0 Å². The van der Waals surface area contributed by atoms with Gasteiger partial charge in [0.25, 0.3) is 0 Å². The van der Waals surface area contributed by atoms with Gasteiger partial charge in [0, 0.05) is 23.3 Å². The van der Waals surface area contributed by atoms with Gasteiger partial charge in [-0.15, -0.1) is 11.3 Å². The summed E-state index contributed by atoms with van der Waals surface area (Å²) in [6, 6.07) is 3.47. The first-order valence-corrected chi connectivity index (χ1v) is 17.7. The Morgan fingerprint density at radius 2 is 1.88 bits per heavy atom. The van der Waals surface area contributed by atoms with Crippen LogP contribution < -0.4 is 20.5 Å². The fourth-order valence-corrected chi connectivity index (χ4v) is 8.29. The smallest absolute Gasteiger partial charge is 0.408 e. The molecule has 2 saturated carbocycles. The topological polar surface area (TPSA) is 146 Å². The van der Waals surface area contributed by atoms with Gasteiger partial charge in [-0.1, -0.05) is 53.1 Å². The Labute approximate surface area is 289 Å². The summed E-state index contributed by atoms with van der Waals surface area (Å²) in [5.41, 5.74) is 7.43. The number of primary amides is 1. The van der Waals surface area contributed by atoms with Gasteiger partial charge in [0.15, 0.2) is 0 Å². The largest absolute Gasteiger partial charge is 0.495 e. The number of methoxy groups -OCH3 is 1. The molecule has 1 saturated heterocycles. The van der Waals surface area contributed by atoms with E-state index in [1.165, 1.54) is 29.8 Å². The molecule has 1 aliphatic heterocycles. The number of halogens is 1. The number of fused-ring (bicyclic) bond motifs is 2. The normalized spacial score (nSPS) is 25.6. The summed E-state index contributed by atoms with van der Waals surface area (Å²) in [6.45, 7) is 12.0. The lowest BCUT2D eigenvalue weighted by Gasteiger charge is -2.35. The summed E-state index contributed by atoms with van der Waals surface area (Å²) in [5.74, 6) is 0.700. The highest BCUT2D eigenvalue weighted by molar-refractivity contribution is 7.13. The van der Waals surface area contributed by atoms with E-state index in [1.807, 2.05) is 32.2 Å². The third-order valence-electron chi connectivity index (χ3n) is 10.00. The Bertz CT molecular complexity index is 1760. The molecule has 2 aliphatic carbocycles. The number of carbonyl (C=O) groups is 3. The van der Waals surface area contributed by atoms with Crippen molar-refractivity contribution in [2.75, 3.05) is 13.7 Å². The molecule has 6 rings (SSSR count). The Morgan fingerprint density at radius 3 is 2.48 bits per heavy atom. The van der Waals surface area contributed by atoms with E-state index in [4.69, 9.17) is 41.5 Å². The summed E-state index contributed by atoms with van der Waals surface area (Å²) >= 11 is 8.22. The molecule has 3 fully saturated rings. The third-order valence-corrected chi connectivity index (χ3v) is 11.2. The molecule has 3 N–H and O–H groups in total. The number of thiazole rings is 1. The molecular weight excluding hydrogens is 654 g/mol. The number of hydrogen-bond acceptors (Lipinski definition) is 9. The summed E-state index contributed by atoms with van der Waals surface area (Å²) < 4.78 is 17.8. The number of nitrogens with zero attached hydrogens (tertiary/aromatic N) is 3. The van der Waals surface area contributed by atoms with Crippen molar-refractivity contribution >= 4 is 51.7 Å². The number of hydrogen-bond donors (Lipinski definition) is 2. The zero-order valence-corrected chi connectivity index (χ0v) is 30.0. The van der Waals surface area contributed by atoms with Crippen molar-refractivity contribution in [3.05, 3.63) is 34.3 Å². The van der Waals surface area contributed by atoms with Gasteiger partial charge >= 0.3 is 6.09 Å². The predicted octanol–water partition coefficient (Wildman–Crippen LogP) is 6.31. The van der Waals surface area contributed by atoms with Crippen LogP contribution in [0.2, 0.25) is 5.02 Å². The maximum atomic E-state index is 14.2. The van der Waals surface area contributed by atoms with Gasteiger partial charge in [-0.2, -0.15) is 0 Å². The van der Waals surface area contributed by atoms with Gasteiger partial charge < -0.3 is 30.2 Å². The Morgan fingerprint density at radius 1 is 1.12 bits per heavy atom. The van der Waals surface area contributed by atoms with Crippen LogP contribution in [0.1, 0.15) is 78.8 Å². The number of carbonyl (C=O) groups excluding carboxylic acids is 3. The Balaban J connectivity index is 1.26. The van der Waals surface area contributed by atoms with Crippen molar-refractivity contribution in [1.29, 1.82) is 0 Å². The van der Waals surface area contributed by atoms with Crippen molar-refractivity contribution in [3.63, 3.8) is 0 Å². The first kappa shape index (κ1) is 34.2. The minimum absolute atomic E-state index is 0.0796. The number of nitrogens with one attached hydrogen (secondary N) is 1. The number of ether oxygens (including phenoxy) is 3. The second kappa shape index (κ2) is 12.7. The van der Waals surface area contributed by atoms with E-state index in [2.05, 4.69) is 26.1 Å². The SMILES string of the molecule is COc1ccc2c(OC3C[C@@H](C(N)=O)N(C(=O)[C@@H](NC(=O)O[C@H]4CC5CC5(C)C4)C(C)(C)C)C3)cc(-c3nc(C(C)C)cs3)nc2c1Cl. The molecule has 3 amide bonds. The molecule has 6 atom stereocenters. The Hall–Kier alpha value is -3.64. The number of pyridine rings is 1. The zero-order valence-electron chi connectivity index (χ0n) is 28.5. The van der Waals surface area contributed by atoms with E-state index >= 15 is 0 Å². The number of rotatable bonds is 9. The van der Waals surface area contributed by atoms with Gasteiger partial charge in [-0.25, -0.2) is 14.8 Å². The summed E-state index contributed by atoms with van der Waals surface area (Å²) in [7, 11) is 1.54. The monoisotopic (exact) mass is 697 g/mol. The van der Waals surface area contributed by atoms with Gasteiger partial charge in [0.1, 0.15) is 51.5 Å². The van der Waals surface area contributed by atoms with Crippen LogP contribution in [0.5, 0.6) is 11.5 Å². The predicted molar refractivity (Wildman–Crippen MR) is 184 cm³/mol. The van der Waals surface area contributed by atoms with Gasteiger partial charge in [-0.05, 0) is 54.1 Å². The van der Waals surface area contributed by atoms with Gasteiger partial charge in [-0.3, -0.25) is 9.59 Å². The lowest BCUT2D eigenvalue weighted by Crippen LogP contribution is -2.57. The molecule has 0 spiro atoms. The first-order valence-electron chi connectivity index (χ1n) is 16.4. The molecule has 0 radical (unpaired) electrons. The number of benzene rings is 1. The fourth-order valence-electron chi connectivity index (χ4n) is 7.07. The minimum atomic E-state index is -0.961. The molecule has 48 heavy (non-hydrogen) atoms. The van der Waals surface area contributed by atoms with Crippen LogP contribution in [0.4, 0.5) is 4.79 Å². The zero-order chi connectivity index (χ0) is 34.7. The summed E-state index contributed by atoms with van der Waals surface area (Å²) in [4.78, 5) is 51.0. The molecule has 1 aromatic carbocycles. The summed E-state index contributed by atoms with van der Waals surface area (Å²) in [5, 5.41) is 6.50. The molecule has 2 aromatic heterocycles. The molecule has 13 heteroatoms. The van der Waals surface area contributed by atoms with E-state index in [1.54, 1.807) is 12.1 Å². The maximum Gasteiger partial charge on any atom is 0.408 e. The highest BCUT2D eigenvalue weighted by atomic mass is 35.5. The van der Waals surface area contributed by atoms with Crippen molar-refractivity contribution in [2.45, 2.75) is 97.4 Å². The summed E-state index contributed by atoms with van der Waals surface area (Å²) in [6.07, 6.45) is 1.63. The molecule has 258 valence electrons. The average Bonchev–Trinajstić information content (AvgIpc) is 3.44. The second-order valence-corrected chi connectivity index (χ2v) is 16.3. The Kier molecular flexibility index (Phi) is 9.04. The van der Waals surface area contributed by atoms with Crippen LogP contribution in [0.15, 0.2) is 23.6 Å². The van der Waals surface area contributed by atoms with E-state index in [0.29, 0.717) is 44.0 Å². The molecule has 3 heterocycles. The van der Waals surface area contributed by atoms with Crippen molar-refractivity contribution < 1.29 is 28.6 Å². The van der Waals surface area contributed by atoms with E-state index < -0.39 is 41.5 Å². The third kappa shape index (κ3) is 6.65. The van der Waals surface area contributed by atoms with Crippen LogP contribution >= 0.6 is 22.9 Å². The van der Waals surface area contributed by atoms with Crippen LogP contribution in [0, 0.1) is 16.7 Å². The molecule has 3 unspecified atom stereocenters. The van der Waals surface area contributed by atoms with E-state index in [9.17, 15) is 14.4 Å². The number of aromatic nitrogens is 2. The standard InChI is InChI=1S/C35H44ClN5O6S/c1-17(2)23-16-48-31(39-23)22-12-26(21-8-9-25(45-7)27(36)28(21)38-22)46-20-11-24(30(37)42)41(15-20)32(43)29(34(3,4)5)40-33(44)47-19-10-18-13-35(18,6)14-19/h8-9,12,16-20,24,29H,10-11,13-15H2,1-7H3,(H2,37,42)(H,40,44)/t18?,19-,20?,24-,29+,35?/m0/s1. The highest BCUT2D eigenvalue weighted by Gasteiger charge is 2.57. The van der Waals surface area contributed by atoms with Gasteiger partial charge in [0.2, 0.25) is 11.8 Å². The number of amides is 3. The maximum absolute atomic E-state index is 14.2. The quantitative estimate of drug-likeness (QED) is 0.265. The number of alkyl carbamates (subject to hydrolysis) is 1. The lowest BCUT2D eigenvalue weighted by atomic mass is 9.85. The van der Waals surface area contributed by atoms with Crippen LogP contribution in [-0.2, 0) is 14.3 Å². The van der Waals surface area contributed by atoms with Crippen molar-refractivity contribution in [3.8, 4) is 22.2 Å². The van der Waals surface area contributed by atoms with Crippen LogP contribution in [0.25, 0.3) is 21.6 Å². The fraction of sp³-hybridized carbons (Fsp3) is 0.571. The molecule has 0 bridgehead atoms.